The summed E-state index contributed by atoms with van der Waals surface area (Å²) in [6.07, 6.45) is 0.656. The minimum absolute atomic E-state index is 0.0800. The van der Waals surface area contributed by atoms with Crippen molar-refractivity contribution >= 4 is 34.1 Å². The third kappa shape index (κ3) is 3.78. The first kappa shape index (κ1) is 15.3. The first-order valence-corrected chi connectivity index (χ1v) is 8.20. The van der Waals surface area contributed by atoms with E-state index in [1.54, 1.807) is 12.1 Å². The molecule has 3 aromatic rings. The molecule has 2 N–H and O–H groups in total. The van der Waals surface area contributed by atoms with Gasteiger partial charge in [0.1, 0.15) is 5.58 Å². The lowest BCUT2D eigenvalue weighted by atomic mass is 10.2. The lowest BCUT2D eigenvalue weighted by Gasteiger charge is -2.04. The molecule has 0 aliphatic rings. The second-order valence-electron chi connectivity index (χ2n) is 4.99. The van der Waals surface area contributed by atoms with E-state index in [4.69, 9.17) is 4.42 Å². The molecule has 1 aromatic carbocycles. The van der Waals surface area contributed by atoms with Crippen LogP contribution in [0.5, 0.6) is 0 Å². The number of carbonyl (C=O) groups excluding carboxylic acids is 2. The number of hydrogen-bond acceptors (Lipinski definition) is 4. The highest BCUT2D eigenvalue weighted by molar-refractivity contribution is 7.12. The molecule has 6 heteroatoms. The van der Waals surface area contributed by atoms with E-state index in [2.05, 4.69) is 10.6 Å². The summed E-state index contributed by atoms with van der Waals surface area (Å²) in [5.41, 5.74) is 0.695. The van der Waals surface area contributed by atoms with Gasteiger partial charge in [0.2, 0.25) is 0 Å². The molecule has 0 aliphatic heterocycles. The van der Waals surface area contributed by atoms with Crippen molar-refractivity contribution in [1.82, 2.24) is 10.6 Å². The molecular formula is C17H16N2O3S. The molecule has 5 nitrogen and oxygen atoms in total. The number of para-hydroxylation sites is 1. The minimum atomic E-state index is -0.245. The van der Waals surface area contributed by atoms with Gasteiger partial charge in [0, 0.05) is 18.5 Å². The molecule has 0 atom stereocenters. The number of nitrogens with one attached hydrogen (secondary N) is 2. The zero-order chi connectivity index (χ0) is 16.1. The van der Waals surface area contributed by atoms with Crippen LogP contribution in [0, 0.1) is 0 Å². The lowest BCUT2D eigenvalue weighted by Crippen LogP contribution is -2.29. The summed E-state index contributed by atoms with van der Waals surface area (Å²) in [4.78, 5) is 24.4. The lowest BCUT2D eigenvalue weighted by molar-refractivity contribution is 0.0927. The van der Waals surface area contributed by atoms with Gasteiger partial charge < -0.3 is 15.1 Å². The Morgan fingerprint density at radius 2 is 1.78 bits per heavy atom. The van der Waals surface area contributed by atoms with Gasteiger partial charge >= 0.3 is 0 Å². The SMILES string of the molecule is O=C(NCCCNC(=O)c1cccs1)c1cc2ccccc2o1. The van der Waals surface area contributed by atoms with Crippen LogP contribution in [-0.2, 0) is 0 Å². The van der Waals surface area contributed by atoms with Crippen LogP contribution in [0.3, 0.4) is 0 Å². The molecule has 2 amide bonds. The van der Waals surface area contributed by atoms with Crippen LogP contribution in [0.15, 0.2) is 52.3 Å². The smallest absolute Gasteiger partial charge is 0.287 e. The average molecular weight is 328 g/mol. The van der Waals surface area contributed by atoms with Gasteiger partial charge in [-0.1, -0.05) is 24.3 Å². The molecule has 0 unspecified atom stereocenters. The normalized spacial score (nSPS) is 10.6. The van der Waals surface area contributed by atoms with Crippen LogP contribution in [-0.4, -0.2) is 24.9 Å². The molecule has 0 spiro atoms. The maximum absolute atomic E-state index is 12.0. The van der Waals surface area contributed by atoms with E-state index in [0.29, 0.717) is 35.7 Å². The topological polar surface area (TPSA) is 71.3 Å². The van der Waals surface area contributed by atoms with Gasteiger partial charge in [0.25, 0.3) is 11.8 Å². The molecular weight excluding hydrogens is 312 g/mol. The van der Waals surface area contributed by atoms with Gasteiger partial charge in [0.05, 0.1) is 4.88 Å². The van der Waals surface area contributed by atoms with Crippen LogP contribution >= 0.6 is 11.3 Å². The second-order valence-corrected chi connectivity index (χ2v) is 5.94. The maximum Gasteiger partial charge on any atom is 0.287 e. The van der Waals surface area contributed by atoms with Crippen LogP contribution in [0.1, 0.15) is 26.6 Å². The predicted octanol–water partition coefficient (Wildman–Crippen LogP) is 3.04. The van der Waals surface area contributed by atoms with Crippen molar-refractivity contribution in [3.05, 3.63) is 58.5 Å². The number of fused-ring (bicyclic) bond motifs is 1. The summed E-state index contributed by atoms with van der Waals surface area (Å²) in [6.45, 7) is 0.984. The number of rotatable bonds is 6. The number of benzene rings is 1. The molecule has 2 heterocycles. The summed E-state index contributed by atoms with van der Waals surface area (Å²) in [5.74, 6) is -0.0248. The fourth-order valence-corrected chi connectivity index (χ4v) is 2.81. The van der Waals surface area contributed by atoms with E-state index in [0.717, 1.165) is 5.39 Å². The van der Waals surface area contributed by atoms with Crippen LogP contribution in [0.4, 0.5) is 0 Å². The maximum atomic E-state index is 12.0. The van der Waals surface area contributed by atoms with E-state index in [1.807, 2.05) is 35.7 Å². The van der Waals surface area contributed by atoms with Crippen molar-refractivity contribution in [2.24, 2.45) is 0 Å². The molecule has 23 heavy (non-hydrogen) atoms. The third-order valence-corrected chi connectivity index (χ3v) is 4.19. The standard InChI is InChI=1S/C17H16N2O3S/c20-16(14-11-12-5-1-2-6-13(12)22-14)18-8-4-9-19-17(21)15-7-3-10-23-15/h1-3,5-7,10-11H,4,8-9H2,(H,18,20)(H,19,21). The molecule has 2 aromatic heterocycles. The number of furan rings is 1. The third-order valence-electron chi connectivity index (χ3n) is 3.32. The summed E-state index contributed by atoms with van der Waals surface area (Å²) >= 11 is 1.40. The number of thiophene rings is 1. The van der Waals surface area contributed by atoms with Crippen molar-refractivity contribution in [3.63, 3.8) is 0 Å². The Morgan fingerprint density at radius 3 is 2.52 bits per heavy atom. The fourth-order valence-electron chi connectivity index (χ4n) is 2.17. The monoisotopic (exact) mass is 328 g/mol. The Labute approximate surface area is 137 Å². The van der Waals surface area contributed by atoms with E-state index >= 15 is 0 Å². The molecule has 0 saturated heterocycles. The Bertz CT molecular complexity index is 775. The van der Waals surface area contributed by atoms with Crippen molar-refractivity contribution < 1.29 is 14.0 Å². The Morgan fingerprint density at radius 1 is 1.00 bits per heavy atom. The largest absolute Gasteiger partial charge is 0.451 e. The van der Waals surface area contributed by atoms with Crippen LogP contribution < -0.4 is 10.6 Å². The molecule has 118 valence electrons. The Balaban J connectivity index is 1.42. The molecule has 0 aliphatic carbocycles. The molecule has 3 rings (SSSR count). The zero-order valence-corrected chi connectivity index (χ0v) is 13.2. The van der Waals surface area contributed by atoms with Gasteiger partial charge in [0.15, 0.2) is 5.76 Å². The number of amides is 2. The first-order chi connectivity index (χ1) is 11.2. The van der Waals surface area contributed by atoms with Crippen molar-refractivity contribution in [2.75, 3.05) is 13.1 Å². The highest BCUT2D eigenvalue weighted by Gasteiger charge is 2.11. The highest BCUT2D eigenvalue weighted by atomic mass is 32.1. The summed E-state index contributed by atoms with van der Waals surface area (Å²) in [6, 6.07) is 12.8. The second kappa shape index (κ2) is 7.11. The summed E-state index contributed by atoms with van der Waals surface area (Å²) < 4.78 is 5.49. The minimum Gasteiger partial charge on any atom is -0.451 e. The quantitative estimate of drug-likeness (QED) is 0.683. The van der Waals surface area contributed by atoms with Gasteiger partial charge in [-0.15, -0.1) is 11.3 Å². The van der Waals surface area contributed by atoms with Gasteiger partial charge in [-0.25, -0.2) is 0 Å². The van der Waals surface area contributed by atoms with Crippen molar-refractivity contribution in [3.8, 4) is 0 Å². The molecule has 0 fully saturated rings. The summed E-state index contributed by atoms with van der Waals surface area (Å²) in [5, 5.41) is 8.37. The Kier molecular flexibility index (Phi) is 4.73. The van der Waals surface area contributed by atoms with E-state index < -0.39 is 0 Å². The molecule has 0 radical (unpaired) electrons. The number of hydrogen-bond donors (Lipinski definition) is 2. The fraction of sp³-hybridized carbons (Fsp3) is 0.176. The highest BCUT2D eigenvalue weighted by Crippen LogP contribution is 2.18. The van der Waals surface area contributed by atoms with Crippen molar-refractivity contribution in [1.29, 1.82) is 0 Å². The summed E-state index contributed by atoms with van der Waals surface area (Å²) in [7, 11) is 0. The van der Waals surface area contributed by atoms with Gasteiger partial charge in [-0.3, -0.25) is 9.59 Å². The average Bonchev–Trinajstić information content (AvgIpc) is 3.23. The molecule has 0 saturated carbocycles. The van der Waals surface area contributed by atoms with Crippen LogP contribution in [0.2, 0.25) is 0 Å². The van der Waals surface area contributed by atoms with Crippen LogP contribution in [0.25, 0.3) is 11.0 Å². The molecule has 0 bridgehead atoms. The van der Waals surface area contributed by atoms with Gasteiger partial charge in [-0.05, 0) is 30.0 Å². The predicted molar refractivity (Wildman–Crippen MR) is 89.8 cm³/mol. The number of carbonyl (C=O) groups is 2. The zero-order valence-electron chi connectivity index (χ0n) is 12.4. The van der Waals surface area contributed by atoms with E-state index in [9.17, 15) is 9.59 Å². The Hall–Kier alpha value is -2.60. The van der Waals surface area contributed by atoms with E-state index in [-0.39, 0.29) is 11.8 Å². The van der Waals surface area contributed by atoms with Gasteiger partial charge in [-0.2, -0.15) is 0 Å². The van der Waals surface area contributed by atoms with Crippen molar-refractivity contribution in [2.45, 2.75) is 6.42 Å². The first-order valence-electron chi connectivity index (χ1n) is 7.32. The van der Waals surface area contributed by atoms with E-state index in [1.165, 1.54) is 11.3 Å².